The smallest absolute Gasteiger partial charge is 0.276 e. The third-order valence-corrected chi connectivity index (χ3v) is 5.59. The maximum Gasteiger partial charge on any atom is 0.276 e. The Morgan fingerprint density at radius 2 is 1.93 bits per heavy atom. The topological polar surface area (TPSA) is 63.1 Å². The van der Waals surface area contributed by atoms with Gasteiger partial charge in [0, 0.05) is 18.5 Å². The molecule has 0 saturated carbocycles. The fourth-order valence-electron chi connectivity index (χ4n) is 4.06. The summed E-state index contributed by atoms with van der Waals surface area (Å²) in [4.78, 5) is 14.8. The lowest BCUT2D eigenvalue weighted by molar-refractivity contribution is 0.0739. The summed E-state index contributed by atoms with van der Waals surface area (Å²) in [6, 6.07) is 7.03. The summed E-state index contributed by atoms with van der Waals surface area (Å²) in [6.45, 7) is 4.62. The number of nitrogens with zero attached hydrogens (tertiary/aromatic N) is 4. The largest absolute Gasteiger partial charge is 0.334 e. The third-order valence-electron chi connectivity index (χ3n) is 5.59. The standard InChI is InChI=1S/C19H24FN5O.ClH/c1-13-10-15(14-2-4-16(20)5-3-14)11-24(13)19(26)18-12-25(23-22-18)17-6-8-21-9-7-17;/h2-5,12-13,15,17,21H,6-11H2,1H3;1H. The quantitative estimate of drug-likeness (QED) is 0.871. The lowest BCUT2D eigenvalue weighted by Gasteiger charge is -2.22. The highest BCUT2D eigenvalue weighted by Crippen LogP contribution is 2.32. The molecular weight excluding hydrogens is 369 g/mol. The molecule has 2 aliphatic heterocycles. The van der Waals surface area contributed by atoms with Gasteiger partial charge in [0.1, 0.15) is 5.82 Å². The van der Waals surface area contributed by atoms with Crippen molar-refractivity contribution in [1.29, 1.82) is 0 Å². The zero-order chi connectivity index (χ0) is 18.1. The van der Waals surface area contributed by atoms with E-state index < -0.39 is 0 Å². The molecule has 0 radical (unpaired) electrons. The normalized spacial score (nSPS) is 23.3. The van der Waals surface area contributed by atoms with E-state index in [4.69, 9.17) is 0 Å². The van der Waals surface area contributed by atoms with Gasteiger partial charge in [-0.1, -0.05) is 17.3 Å². The second-order valence-corrected chi connectivity index (χ2v) is 7.36. The molecule has 2 aliphatic rings. The fraction of sp³-hybridized carbons (Fsp3) is 0.526. The molecule has 0 spiro atoms. The van der Waals surface area contributed by atoms with Crippen LogP contribution in [0.5, 0.6) is 0 Å². The lowest BCUT2D eigenvalue weighted by atomic mass is 9.97. The predicted octanol–water partition coefficient (Wildman–Crippen LogP) is 2.78. The van der Waals surface area contributed by atoms with Gasteiger partial charge in [-0.15, -0.1) is 17.5 Å². The molecule has 2 unspecified atom stereocenters. The van der Waals surface area contributed by atoms with Crippen LogP contribution in [0.4, 0.5) is 4.39 Å². The van der Waals surface area contributed by atoms with Crippen molar-refractivity contribution >= 4 is 18.3 Å². The van der Waals surface area contributed by atoms with Crippen molar-refractivity contribution in [3.63, 3.8) is 0 Å². The minimum atomic E-state index is -0.234. The maximum absolute atomic E-state index is 13.1. The molecule has 146 valence electrons. The lowest BCUT2D eigenvalue weighted by Crippen LogP contribution is -2.34. The molecular formula is C19H25ClFN5O. The Balaban J connectivity index is 0.00000210. The number of hydrogen-bond acceptors (Lipinski definition) is 4. The summed E-state index contributed by atoms with van der Waals surface area (Å²) in [7, 11) is 0. The fourth-order valence-corrected chi connectivity index (χ4v) is 4.06. The number of hydrogen-bond donors (Lipinski definition) is 1. The van der Waals surface area contributed by atoms with Crippen molar-refractivity contribution in [2.75, 3.05) is 19.6 Å². The molecule has 2 fully saturated rings. The number of benzene rings is 1. The van der Waals surface area contributed by atoms with E-state index >= 15 is 0 Å². The average Bonchev–Trinajstić information content (AvgIpc) is 3.30. The average molecular weight is 394 g/mol. The Bertz CT molecular complexity index is 775. The van der Waals surface area contributed by atoms with Crippen LogP contribution in [0.1, 0.15) is 54.2 Å². The van der Waals surface area contributed by atoms with Gasteiger partial charge in [0.2, 0.25) is 0 Å². The van der Waals surface area contributed by atoms with Crippen LogP contribution >= 0.6 is 12.4 Å². The van der Waals surface area contributed by atoms with Gasteiger partial charge >= 0.3 is 0 Å². The summed E-state index contributed by atoms with van der Waals surface area (Å²) in [5.41, 5.74) is 1.49. The number of carbonyl (C=O) groups is 1. The summed E-state index contributed by atoms with van der Waals surface area (Å²) in [6.07, 6.45) is 4.67. The molecule has 4 rings (SSSR count). The van der Waals surface area contributed by atoms with Crippen LogP contribution in [0.15, 0.2) is 30.5 Å². The molecule has 27 heavy (non-hydrogen) atoms. The van der Waals surface area contributed by atoms with Crippen LogP contribution in [0.2, 0.25) is 0 Å². The van der Waals surface area contributed by atoms with Crippen LogP contribution < -0.4 is 5.32 Å². The first-order valence-corrected chi connectivity index (χ1v) is 9.31. The SMILES string of the molecule is CC1CC(c2ccc(F)cc2)CN1C(=O)c1cn(C2CCNCC2)nn1.Cl. The van der Waals surface area contributed by atoms with E-state index in [0.717, 1.165) is 37.9 Å². The van der Waals surface area contributed by atoms with Gasteiger partial charge in [-0.25, -0.2) is 9.07 Å². The molecule has 1 aromatic carbocycles. The zero-order valence-electron chi connectivity index (χ0n) is 15.3. The number of aromatic nitrogens is 3. The molecule has 8 heteroatoms. The summed E-state index contributed by atoms with van der Waals surface area (Å²) in [5.74, 6) is -0.0708. The van der Waals surface area contributed by atoms with E-state index in [9.17, 15) is 9.18 Å². The molecule has 1 amide bonds. The predicted molar refractivity (Wildman–Crippen MR) is 103 cm³/mol. The Labute approximate surface area is 164 Å². The van der Waals surface area contributed by atoms with E-state index in [2.05, 4.69) is 22.6 Å². The van der Waals surface area contributed by atoms with Crippen LogP contribution in [0.3, 0.4) is 0 Å². The Kier molecular flexibility index (Phi) is 6.11. The van der Waals surface area contributed by atoms with E-state index in [1.807, 2.05) is 21.7 Å². The van der Waals surface area contributed by atoms with Crippen molar-refractivity contribution in [3.05, 3.63) is 47.5 Å². The van der Waals surface area contributed by atoms with E-state index in [1.54, 1.807) is 6.20 Å². The molecule has 1 aromatic heterocycles. The molecule has 6 nitrogen and oxygen atoms in total. The van der Waals surface area contributed by atoms with Crippen molar-refractivity contribution in [3.8, 4) is 0 Å². The first-order valence-electron chi connectivity index (χ1n) is 9.31. The van der Waals surface area contributed by atoms with Crippen LogP contribution in [0, 0.1) is 5.82 Å². The van der Waals surface area contributed by atoms with E-state index in [-0.39, 0.29) is 36.1 Å². The van der Waals surface area contributed by atoms with Gasteiger partial charge < -0.3 is 10.2 Å². The minimum Gasteiger partial charge on any atom is -0.334 e. The number of carbonyl (C=O) groups excluding carboxylic acids is 1. The number of piperidine rings is 1. The molecule has 0 aliphatic carbocycles. The first-order chi connectivity index (χ1) is 12.6. The molecule has 3 heterocycles. The van der Waals surface area contributed by atoms with Gasteiger partial charge in [0.15, 0.2) is 5.69 Å². The minimum absolute atomic E-state index is 0. The molecule has 2 saturated heterocycles. The third kappa shape index (κ3) is 4.14. The molecule has 2 aromatic rings. The van der Waals surface area contributed by atoms with Crippen LogP contribution in [0.25, 0.3) is 0 Å². The highest BCUT2D eigenvalue weighted by atomic mass is 35.5. The number of likely N-dealkylation sites (tertiary alicyclic amines) is 1. The van der Waals surface area contributed by atoms with Crippen molar-refractivity contribution in [2.45, 2.75) is 44.2 Å². The number of halogens is 2. The Hall–Kier alpha value is -1.99. The monoisotopic (exact) mass is 393 g/mol. The maximum atomic E-state index is 13.1. The summed E-state index contributed by atoms with van der Waals surface area (Å²) < 4.78 is 15.0. The molecule has 1 N–H and O–H groups in total. The van der Waals surface area contributed by atoms with Crippen molar-refractivity contribution < 1.29 is 9.18 Å². The number of amides is 1. The van der Waals surface area contributed by atoms with E-state index in [0.29, 0.717) is 18.3 Å². The van der Waals surface area contributed by atoms with E-state index in [1.165, 1.54) is 12.1 Å². The van der Waals surface area contributed by atoms with Crippen molar-refractivity contribution in [2.24, 2.45) is 0 Å². The van der Waals surface area contributed by atoms with Gasteiger partial charge in [-0.3, -0.25) is 4.79 Å². The van der Waals surface area contributed by atoms with Gasteiger partial charge in [0.25, 0.3) is 5.91 Å². The van der Waals surface area contributed by atoms with Crippen LogP contribution in [-0.4, -0.2) is 51.5 Å². The number of nitrogens with one attached hydrogen (secondary N) is 1. The second kappa shape index (κ2) is 8.35. The first kappa shape index (κ1) is 19.8. The highest BCUT2D eigenvalue weighted by Gasteiger charge is 2.35. The molecule has 0 bridgehead atoms. The van der Waals surface area contributed by atoms with Crippen molar-refractivity contribution in [1.82, 2.24) is 25.2 Å². The van der Waals surface area contributed by atoms with Gasteiger partial charge in [0.05, 0.1) is 12.2 Å². The zero-order valence-corrected chi connectivity index (χ0v) is 16.2. The molecule has 2 atom stereocenters. The highest BCUT2D eigenvalue weighted by molar-refractivity contribution is 5.92. The Morgan fingerprint density at radius 3 is 2.63 bits per heavy atom. The van der Waals surface area contributed by atoms with Gasteiger partial charge in [-0.05, 0) is 57.0 Å². The summed E-state index contributed by atoms with van der Waals surface area (Å²) >= 11 is 0. The van der Waals surface area contributed by atoms with Gasteiger partial charge in [-0.2, -0.15) is 0 Å². The number of rotatable bonds is 3. The van der Waals surface area contributed by atoms with Crippen LogP contribution in [-0.2, 0) is 0 Å². The summed E-state index contributed by atoms with van der Waals surface area (Å²) in [5, 5.41) is 11.7. The second-order valence-electron chi connectivity index (χ2n) is 7.36. The Morgan fingerprint density at radius 1 is 1.22 bits per heavy atom.